The number of nitrogens with one attached hydrogen (secondary N) is 2. The summed E-state index contributed by atoms with van der Waals surface area (Å²) in [6.07, 6.45) is -3.69. The highest BCUT2D eigenvalue weighted by Gasteiger charge is 2.30. The summed E-state index contributed by atoms with van der Waals surface area (Å²) in [6, 6.07) is 2.61. The lowest BCUT2D eigenvalue weighted by Gasteiger charge is -2.14. The van der Waals surface area contributed by atoms with E-state index in [1.54, 1.807) is 0 Å². The summed E-state index contributed by atoms with van der Waals surface area (Å²) in [5, 5.41) is 9.37. The molecule has 1 aliphatic rings. The molecule has 3 rings (SSSR count). The number of rotatable bonds is 4. The molecule has 26 heavy (non-hydrogen) atoms. The molecule has 0 saturated heterocycles. The maximum absolute atomic E-state index is 12.7. The van der Waals surface area contributed by atoms with Gasteiger partial charge < -0.3 is 5.32 Å². The first-order valence-corrected chi connectivity index (χ1v) is 10.1. The van der Waals surface area contributed by atoms with Crippen molar-refractivity contribution in [2.24, 2.45) is 5.14 Å². The molecule has 11 heteroatoms. The number of aromatic nitrogens is 1. The number of amides is 1. The van der Waals surface area contributed by atoms with E-state index in [1.165, 1.54) is 17.5 Å². The SMILES string of the molecule is N=S(N)(=O)c1sccc1C(=O)Nc1cc(CC(F)(F)F)nc2c1CCC2. The number of nitrogens with zero attached hydrogens (tertiary/aromatic N) is 1. The molecule has 0 bridgehead atoms. The highest BCUT2D eigenvalue weighted by Crippen LogP contribution is 2.32. The van der Waals surface area contributed by atoms with Crippen LogP contribution in [0.15, 0.2) is 21.7 Å². The number of hydrogen-bond donors (Lipinski definition) is 3. The number of fused-ring (bicyclic) bond motifs is 1. The number of halogens is 3. The first-order chi connectivity index (χ1) is 12.0. The van der Waals surface area contributed by atoms with Gasteiger partial charge in [0.25, 0.3) is 5.91 Å². The van der Waals surface area contributed by atoms with Crippen molar-refractivity contribution in [1.82, 2.24) is 4.98 Å². The molecule has 0 aromatic carbocycles. The molecule has 6 nitrogen and oxygen atoms in total. The second-order valence-electron chi connectivity index (χ2n) is 5.91. The van der Waals surface area contributed by atoms with Crippen LogP contribution in [0.2, 0.25) is 0 Å². The molecule has 0 fully saturated rings. The van der Waals surface area contributed by atoms with Crippen molar-refractivity contribution in [1.29, 1.82) is 4.78 Å². The largest absolute Gasteiger partial charge is 0.394 e. The lowest BCUT2D eigenvalue weighted by Crippen LogP contribution is -2.19. The Bertz CT molecular complexity index is 968. The molecule has 2 aromatic rings. The van der Waals surface area contributed by atoms with E-state index in [9.17, 15) is 22.2 Å². The monoisotopic (exact) mass is 404 g/mol. The fraction of sp³-hybridized carbons (Fsp3) is 0.333. The Balaban J connectivity index is 1.95. The van der Waals surface area contributed by atoms with Crippen molar-refractivity contribution in [2.45, 2.75) is 36.1 Å². The molecule has 0 saturated carbocycles. The van der Waals surface area contributed by atoms with Crippen molar-refractivity contribution in [2.75, 3.05) is 5.32 Å². The van der Waals surface area contributed by atoms with E-state index in [0.29, 0.717) is 24.1 Å². The predicted molar refractivity (Wildman–Crippen MR) is 91.6 cm³/mol. The van der Waals surface area contributed by atoms with E-state index in [0.717, 1.165) is 17.8 Å². The first-order valence-electron chi connectivity index (χ1n) is 7.58. The van der Waals surface area contributed by atoms with Crippen LogP contribution < -0.4 is 10.5 Å². The predicted octanol–water partition coefficient (Wildman–Crippen LogP) is 3.27. The zero-order valence-corrected chi connectivity index (χ0v) is 15.0. The summed E-state index contributed by atoms with van der Waals surface area (Å²) >= 11 is 0.922. The van der Waals surface area contributed by atoms with Gasteiger partial charge in [0.1, 0.15) is 14.1 Å². The van der Waals surface area contributed by atoms with Gasteiger partial charge in [-0.25, -0.2) is 14.1 Å². The Morgan fingerprint density at radius 1 is 1.42 bits per heavy atom. The highest BCUT2D eigenvalue weighted by molar-refractivity contribution is 7.92. The number of thiophene rings is 1. The number of aryl methyl sites for hydroxylation is 1. The van der Waals surface area contributed by atoms with Crippen LogP contribution in [0.3, 0.4) is 0 Å². The van der Waals surface area contributed by atoms with Gasteiger partial charge in [0.2, 0.25) is 0 Å². The van der Waals surface area contributed by atoms with Crippen LogP contribution >= 0.6 is 11.3 Å². The smallest absolute Gasteiger partial charge is 0.322 e. The Morgan fingerprint density at radius 3 is 2.81 bits per heavy atom. The molecular weight excluding hydrogens is 389 g/mol. The van der Waals surface area contributed by atoms with Crippen molar-refractivity contribution < 1.29 is 22.2 Å². The maximum atomic E-state index is 12.7. The van der Waals surface area contributed by atoms with Gasteiger partial charge in [-0.15, -0.1) is 11.3 Å². The lowest BCUT2D eigenvalue weighted by molar-refractivity contribution is -0.127. The molecule has 4 N–H and O–H groups in total. The van der Waals surface area contributed by atoms with Crippen LogP contribution in [-0.4, -0.2) is 21.3 Å². The standard InChI is InChI=1S/C15H15F3N4O2S2/c16-15(17,18)7-8-6-12(9-2-1-3-11(9)21-8)22-13(23)10-4-5-25-14(10)26(19,20)24/h4-6H,1-3,7H2,(H3,19,20,24)(H,21,22,23). The summed E-state index contributed by atoms with van der Waals surface area (Å²) in [5.74, 6) is -0.662. The van der Waals surface area contributed by atoms with E-state index in [4.69, 9.17) is 9.92 Å². The summed E-state index contributed by atoms with van der Waals surface area (Å²) in [4.78, 5) is 16.6. The summed E-state index contributed by atoms with van der Waals surface area (Å²) in [6.45, 7) is 0. The maximum Gasteiger partial charge on any atom is 0.394 e. The molecule has 140 valence electrons. The molecule has 0 radical (unpaired) electrons. The summed E-state index contributed by atoms with van der Waals surface area (Å²) in [5.41, 5.74) is 1.35. The number of carbonyl (C=O) groups excluding carboxylic acids is 1. The van der Waals surface area contributed by atoms with Crippen molar-refractivity contribution in [3.05, 3.63) is 40.0 Å². The van der Waals surface area contributed by atoms with Crippen LogP contribution in [0.5, 0.6) is 0 Å². The fourth-order valence-electron chi connectivity index (χ4n) is 2.90. The summed E-state index contributed by atoms with van der Waals surface area (Å²) < 4.78 is 57.3. The minimum atomic E-state index is -4.40. The molecule has 0 spiro atoms. The first kappa shape index (κ1) is 18.8. The van der Waals surface area contributed by atoms with Gasteiger partial charge in [0, 0.05) is 11.4 Å². The van der Waals surface area contributed by atoms with Gasteiger partial charge in [-0.2, -0.15) is 13.2 Å². The number of alkyl halides is 3. The third-order valence-corrected chi connectivity index (χ3v) is 6.39. The zero-order valence-electron chi connectivity index (χ0n) is 13.4. The Hall–Kier alpha value is -1.98. The molecular formula is C15H15F3N4O2S2. The van der Waals surface area contributed by atoms with E-state index in [1.807, 2.05) is 0 Å². The Kier molecular flexibility index (Phi) is 4.80. The third kappa shape index (κ3) is 4.05. The quantitative estimate of drug-likeness (QED) is 0.728. The minimum Gasteiger partial charge on any atom is -0.322 e. The van der Waals surface area contributed by atoms with Gasteiger partial charge in [0.05, 0.1) is 17.7 Å². The second-order valence-corrected chi connectivity index (χ2v) is 8.69. The average Bonchev–Trinajstić information content (AvgIpc) is 3.13. The molecule has 1 amide bonds. The van der Waals surface area contributed by atoms with E-state index < -0.39 is 28.4 Å². The minimum absolute atomic E-state index is 0.0153. The van der Waals surface area contributed by atoms with E-state index in [2.05, 4.69) is 10.3 Å². The van der Waals surface area contributed by atoms with Gasteiger partial charge >= 0.3 is 6.18 Å². The zero-order chi connectivity index (χ0) is 19.1. The number of pyridine rings is 1. The fourth-order valence-corrected chi connectivity index (χ4v) is 4.74. The van der Waals surface area contributed by atoms with E-state index in [-0.39, 0.29) is 21.2 Å². The molecule has 1 unspecified atom stereocenters. The van der Waals surface area contributed by atoms with Crippen LogP contribution in [0.4, 0.5) is 18.9 Å². The molecule has 0 aliphatic heterocycles. The third-order valence-electron chi connectivity index (χ3n) is 3.88. The van der Waals surface area contributed by atoms with Crippen molar-refractivity contribution >= 4 is 32.8 Å². The van der Waals surface area contributed by atoms with Gasteiger partial charge in [-0.3, -0.25) is 9.78 Å². The number of carbonyl (C=O) groups is 1. The van der Waals surface area contributed by atoms with Crippen LogP contribution in [0.1, 0.15) is 33.7 Å². The van der Waals surface area contributed by atoms with Gasteiger partial charge in [0.15, 0.2) is 0 Å². The number of anilines is 1. The topological polar surface area (TPSA) is 109 Å². The Labute approximate surface area is 151 Å². The van der Waals surface area contributed by atoms with Crippen LogP contribution in [0, 0.1) is 4.78 Å². The van der Waals surface area contributed by atoms with Crippen molar-refractivity contribution in [3.8, 4) is 0 Å². The van der Waals surface area contributed by atoms with E-state index >= 15 is 0 Å². The Morgan fingerprint density at radius 2 is 2.15 bits per heavy atom. The van der Waals surface area contributed by atoms with Crippen LogP contribution in [0.25, 0.3) is 0 Å². The van der Waals surface area contributed by atoms with Gasteiger partial charge in [-0.1, -0.05) is 0 Å². The molecule has 2 heterocycles. The highest BCUT2D eigenvalue weighted by atomic mass is 32.2. The normalized spacial score (nSPS) is 16.2. The number of nitrogens with two attached hydrogens (primary N) is 1. The second kappa shape index (κ2) is 6.63. The average molecular weight is 404 g/mol. The molecule has 2 aromatic heterocycles. The number of hydrogen-bond acceptors (Lipinski definition) is 5. The van der Waals surface area contributed by atoms with Crippen molar-refractivity contribution in [3.63, 3.8) is 0 Å². The molecule has 1 aliphatic carbocycles. The molecule has 1 atom stereocenters. The van der Waals surface area contributed by atoms with Gasteiger partial charge in [-0.05, 0) is 42.3 Å². The van der Waals surface area contributed by atoms with Crippen LogP contribution in [-0.2, 0) is 29.2 Å². The lowest BCUT2D eigenvalue weighted by atomic mass is 10.1. The summed E-state index contributed by atoms with van der Waals surface area (Å²) in [7, 11) is -3.57.